The fraction of sp³-hybridized carbons (Fsp3) is 0.346. The smallest absolute Gasteiger partial charge is 0.258 e. The van der Waals surface area contributed by atoms with E-state index < -0.39 is 0 Å². The highest BCUT2D eigenvalue weighted by Gasteiger charge is 2.33. The van der Waals surface area contributed by atoms with Crippen molar-refractivity contribution >= 4 is 22.9 Å². The minimum Gasteiger partial charge on any atom is -0.494 e. The SMILES string of the molecule is CCCN1C(=S)NC(c2ccc(OCC)cc2)C(c2nc(-c3ccc(CC)cc3)no2)=C1C. The molecule has 1 N–H and O–H groups in total. The number of benzene rings is 2. The number of allylic oxidation sites excluding steroid dienone is 1. The molecule has 1 aliphatic heterocycles. The molecule has 0 spiro atoms. The molecule has 7 heteroatoms. The molecule has 1 unspecified atom stereocenters. The highest BCUT2D eigenvalue weighted by molar-refractivity contribution is 7.80. The van der Waals surface area contributed by atoms with Gasteiger partial charge in [0.15, 0.2) is 5.11 Å². The molecule has 4 rings (SSSR count). The summed E-state index contributed by atoms with van der Waals surface area (Å²) in [6, 6.07) is 16.1. The second-order valence-corrected chi connectivity index (χ2v) is 8.40. The molecule has 1 aromatic heterocycles. The number of thiocarbonyl (C=S) groups is 1. The highest BCUT2D eigenvalue weighted by Crippen LogP contribution is 2.38. The average Bonchev–Trinajstić information content (AvgIpc) is 3.32. The molecule has 33 heavy (non-hydrogen) atoms. The fourth-order valence-electron chi connectivity index (χ4n) is 4.06. The van der Waals surface area contributed by atoms with Gasteiger partial charge < -0.3 is 19.5 Å². The van der Waals surface area contributed by atoms with Gasteiger partial charge in [-0.3, -0.25) is 0 Å². The number of aryl methyl sites for hydroxylation is 1. The van der Waals surface area contributed by atoms with Crippen LogP contribution in [0.3, 0.4) is 0 Å². The number of ether oxygens (including phenoxy) is 1. The number of nitrogens with zero attached hydrogens (tertiary/aromatic N) is 3. The highest BCUT2D eigenvalue weighted by atomic mass is 32.1. The van der Waals surface area contributed by atoms with E-state index in [9.17, 15) is 0 Å². The third-order valence-corrected chi connectivity index (χ3v) is 6.18. The molecular formula is C26H30N4O2S. The van der Waals surface area contributed by atoms with Crippen molar-refractivity contribution in [1.29, 1.82) is 0 Å². The molecule has 2 aromatic carbocycles. The van der Waals surface area contributed by atoms with E-state index in [0.717, 1.165) is 47.5 Å². The van der Waals surface area contributed by atoms with E-state index in [1.807, 2.05) is 31.2 Å². The number of aromatic nitrogens is 2. The largest absolute Gasteiger partial charge is 0.494 e. The predicted molar refractivity (Wildman–Crippen MR) is 135 cm³/mol. The van der Waals surface area contributed by atoms with Crippen molar-refractivity contribution in [3.63, 3.8) is 0 Å². The summed E-state index contributed by atoms with van der Waals surface area (Å²) in [4.78, 5) is 6.89. The van der Waals surface area contributed by atoms with Gasteiger partial charge in [-0.1, -0.05) is 55.4 Å². The van der Waals surface area contributed by atoms with E-state index in [2.05, 4.69) is 60.4 Å². The van der Waals surface area contributed by atoms with E-state index in [1.165, 1.54) is 5.56 Å². The van der Waals surface area contributed by atoms with Gasteiger partial charge in [-0.2, -0.15) is 4.98 Å². The van der Waals surface area contributed by atoms with Crippen molar-refractivity contribution in [3.8, 4) is 17.1 Å². The normalized spacial score (nSPS) is 16.2. The summed E-state index contributed by atoms with van der Waals surface area (Å²) in [5, 5.41) is 8.48. The first-order chi connectivity index (χ1) is 16.0. The molecule has 2 heterocycles. The molecular weight excluding hydrogens is 432 g/mol. The zero-order valence-corrected chi connectivity index (χ0v) is 20.4. The van der Waals surface area contributed by atoms with E-state index in [-0.39, 0.29) is 6.04 Å². The molecule has 0 saturated heterocycles. The maximum absolute atomic E-state index is 5.81. The molecule has 0 fully saturated rings. The number of hydrogen-bond acceptors (Lipinski definition) is 5. The zero-order chi connectivity index (χ0) is 23.4. The maximum atomic E-state index is 5.81. The molecule has 0 bridgehead atoms. The monoisotopic (exact) mass is 462 g/mol. The van der Waals surface area contributed by atoms with Crippen LogP contribution in [-0.2, 0) is 6.42 Å². The second-order valence-electron chi connectivity index (χ2n) is 8.01. The van der Waals surface area contributed by atoms with Crippen LogP contribution in [0.15, 0.2) is 58.8 Å². The maximum Gasteiger partial charge on any atom is 0.258 e. The fourth-order valence-corrected chi connectivity index (χ4v) is 4.41. The van der Waals surface area contributed by atoms with Gasteiger partial charge >= 0.3 is 0 Å². The van der Waals surface area contributed by atoms with Gasteiger partial charge in [-0.25, -0.2) is 0 Å². The Hall–Kier alpha value is -3.19. The molecule has 0 aliphatic carbocycles. The lowest BCUT2D eigenvalue weighted by Crippen LogP contribution is -2.46. The lowest BCUT2D eigenvalue weighted by Gasteiger charge is -2.37. The summed E-state index contributed by atoms with van der Waals surface area (Å²) >= 11 is 5.71. The topological polar surface area (TPSA) is 63.4 Å². The van der Waals surface area contributed by atoms with Gasteiger partial charge in [-0.15, -0.1) is 0 Å². The first kappa shape index (κ1) is 23.0. The van der Waals surface area contributed by atoms with Crippen LogP contribution in [0.25, 0.3) is 17.0 Å². The summed E-state index contributed by atoms with van der Waals surface area (Å²) in [6.45, 7) is 9.77. The van der Waals surface area contributed by atoms with Crippen molar-refractivity contribution in [2.45, 2.75) is 46.6 Å². The van der Waals surface area contributed by atoms with Crippen LogP contribution >= 0.6 is 12.2 Å². The van der Waals surface area contributed by atoms with Crippen LogP contribution in [0.1, 0.15) is 57.2 Å². The first-order valence-electron chi connectivity index (χ1n) is 11.5. The summed E-state index contributed by atoms with van der Waals surface area (Å²) in [7, 11) is 0. The molecule has 0 radical (unpaired) electrons. The standard InChI is InChI=1S/C26H30N4O2S/c1-5-16-30-17(4)22(23(27-26(30)33)19-12-14-21(15-13-19)31-7-3)25-28-24(29-32-25)20-10-8-18(6-2)9-11-20/h8-15,23H,5-7,16H2,1-4H3,(H,27,33). The molecule has 1 atom stereocenters. The Morgan fingerprint density at radius 1 is 1.06 bits per heavy atom. The molecule has 0 saturated carbocycles. The van der Waals surface area contributed by atoms with Crippen molar-refractivity contribution in [1.82, 2.24) is 20.4 Å². The van der Waals surface area contributed by atoms with Gasteiger partial charge in [-0.05, 0) is 62.2 Å². The number of nitrogens with one attached hydrogen (secondary N) is 1. The first-order valence-corrected chi connectivity index (χ1v) is 11.9. The molecule has 172 valence electrons. The van der Waals surface area contributed by atoms with Crippen LogP contribution < -0.4 is 10.1 Å². The summed E-state index contributed by atoms with van der Waals surface area (Å²) in [6.07, 6.45) is 1.96. The minimum absolute atomic E-state index is 0.197. The van der Waals surface area contributed by atoms with E-state index in [0.29, 0.717) is 23.4 Å². The zero-order valence-electron chi connectivity index (χ0n) is 19.6. The Morgan fingerprint density at radius 3 is 2.42 bits per heavy atom. The lowest BCUT2D eigenvalue weighted by atomic mass is 9.94. The Balaban J connectivity index is 1.75. The van der Waals surface area contributed by atoms with Crippen LogP contribution in [0, 0.1) is 0 Å². The molecule has 0 amide bonds. The minimum atomic E-state index is -0.197. The van der Waals surface area contributed by atoms with Crippen molar-refractivity contribution < 1.29 is 9.26 Å². The Labute approximate surface area is 200 Å². The number of hydrogen-bond donors (Lipinski definition) is 1. The van der Waals surface area contributed by atoms with Crippen molar-refractivity contribution in [3.05, 3.63) is 71.2 Å². The summed E-state index contributed by atoms with van der Waals surface area (Å²) < 4.78 is 11.4. The van der Waals surface area contributed by atoms with Crippen LogP contribution in [0.4, 0.5) is 0 Å². The lowest BCUT2D eigenvalue weighted by molar-refractivity contribution is 0.340. The molecule has 1 aliphatic rings. The van der Waals surface area contributed by atoms with E-state index in [4.69, 9.17) is 26.5 Å². The predicted octanol–water partition coefficient (Wildman–Crippen LogP) is 5.77. The second kappa shape index (κ2) is 10.2. The Bertz CT molecular complexity index is 1140. The van der Waals surface area contributed by atoms with Gasteiger partial charge in [0.1, 0.15) is 5.75 Å². The Morgan fingerprint density at radius 2 is 1.79 bits per heavy atom. The van der Waals surface area contributed by atoms with Gasteiger partial charge in [0.05, 0.1) is 18.2 Å². The van der Waals surface area contributed by atoms with Crippen molar-refractivity contribution in [2.24, 2.45) is 0 Å². The summed E-state index contributed by atoms with van der Waals surface area (Å²) in [5.41, 5.74) is 5.22. The van der Waals surface area contributed by atoms with Crippen LogP contribution in [0.5, 0.6) is 5.75 Å². The molecule has 3 aromatic rings. The third-order valence-electron chi connectivity index (χ3n) is 5.84. The van der Waals surface area contributed by atoms with Gasteiger partial charge in [0, 0.05) is 17.8 Å². The van der Waals surface area contributed by atoms with Gasteiger partial charge in [0.25, 0.3) is 5.89 Å². The molecule has 6 nitrogen and oxygen atoms in total. The van der Waals surface area contributed by atoms with Crippen LogP contribution in [-0.4, -0.2) is 33.3 Å². The third kappa shape index (κ3) is 4.78. The quantitative estimate of drug-likeness (QED) is 0.426. The Kier molecular flexibility index (Phi) is 7.08. The van der Waals surface area contributed by atoms with Gasteiger partial charge in [0.2, 0.25) is 5.82 Å². The van der Waals surface area contributed by atoms with E-state index in [1.54, 1.807) is 0 Å². The summed E-state index contributed by atoms with van der Waals surface area (Å²) in [5.74, 6) is 1.91. The number of rotatable bonds is 8. The van der Waals surface area contributed by atoms with E-state index >= 15 is 0 Å². The van der Waals surface area contributed by atoms with Crippen molar-refractivity contribution in [2.75, 3.05) is 13.2 Å². The van der Waals surface area contributed by atoms with Crippen LogP contribution in [0.2, 0.25) is 0 Å². The average molecular weight is 463 g/mol.